The third-order valence-corrected chi connectivity index (χ3v) is 6.29. The van der Waals surface area contributed by atoms with Crippen LogP contribution in [0, 0.1) is 0 Å². The molecule has 2 rings (SSSR count). The summed E-state index contributed by atoms with van der Waals surface area (Å²) in [6.07, 6.45) is 3.25. The number of amides is 1. The molecule has 0 bridgehead atoms. The van der Waals surface area contributed by atoms with E-state index in [1.54, 1.807) is 35.5 Å². The predicted octanol–water partition coefficient (Wildman–Crippen LogP) is 2.99. The van der Waals surface area contributed by atoms with E-state index in [1.807, 2.05) is 13.8 Å². The third kappa shape index (κ3) is 3.50. The minimum Gasteiger partial charge on any atom is -0.326 e. The molecule has 122 valence electrons. The molecule has 0 unspecified atom stereocenters. The van der Waals surface area contributed by atoms with Gasteiger partial charge in [0.2, 0.25) is 15.9 Å². The van der Waals surface area contributed by atoms with E-state index in [-0.39, 0.29) is 22.9 Å². The molecule has 1 aliphatic heterocycles. The summed E-state index contributed by atoms with van der Waals surface area (Å²) in [4.78, 5) is 11.6. The average Bonchev–Trinajstić information content (AvgIpc) is 2.47. The van der Waals surface area contributed by atoms with Crippen molar-refractivity contribution in [2.45, 2.75) is 63.4 Å². The summed E-state index contributed by atoms with van der Waals surface area (Å²) in [5, 5.41) is 2.72. The quantitative estimate of drug-likeness (QED) is 0.926. The largest absolute Gasteiger partial charge is 0.326 e. The van der Waals surface area contributed by atoms with Crippen LogP contribution in [0.3, 0.4) is 0 Å². The topological polar surface area (TPSA) is 66.5 Å². The van der Waals surface area contributed by atoms with Crippen molar-refractivity contribution in [1.82, 2.24) is 4.31 Å². The molecule has 1 fully saturated rings. The van der Waals surface area contributed by atoms with Crippen LogP contribution in [0.2, 0.25) is 0 Å². The lowest BCUT2D eigenvalue weighted by Gasteiger charge is -2.37. The van der Waals surface area contributed by atoms with Crippen molar-refractivity contribution in [3.63, 3.8) is 0 Å². The Bertz CT molecular complexity index is 615. The molecule has 0 aromatic heterocycles. The van der Waals surface area contributed by atoms with Gasteiger partial charge in [0.05, 0.1) is 4.90 Å². The van der Waals surface area contributed by atoms with Gasteiger partial charge in [-0.15, -0.1) is 0 Å². The summed E-state index contributed by atoms with van der Waals surface area (Å²) in [7, 11) is -3.49. The van der Waals surface area contributed by atoms with E-state index >= 15 is 0 Å². The van der Waals surface area contributed by atoms with Gasteiger partial charge < -0.3 is 5.32 Å². The Morgan fingerprint density at radius 3 is 2.23 bits per heavy atom. The number of carbonyl (C=O) groups is 1. The second kappa shape index (κ2) is 6.79. The van der Waals surface area contributed by atoms with Crippen molar-refractivity contribution < 1.29 is 13.2 Å². The van der Waals surface area contributed by atoms with Crippen molar-refractivity contribution in [2.24, 2.45) is 0 Å². The third-order valence-electron chi connectivity index (χ3n) is 4.15. The van der Waals surface area contributed by atoms with Gasteiger partial charge in [0.15, 0.2) is 0 Å². The van der Waals surface area contributed by atoms with Crippen LogP contribution in [0.5, 0.6) is 0 Å². The van der Waals surface area contributed by atoms with E-state index in [2.05, 4.69) is 5.32 Å². The standard InChI is InChI=1S/C16H24N2O3S/c1-4-16(19)17-14-8-10-15(11-9-14)22(20,21)18-12(2)6-5-7-13(18)3/h8-13H,4-7H2,1-3H3,(H,17,19)/t12-,13-/m0/s1. The first-order chi connectivity index (χ1) is 10.4. The first-order valence-electron chi connectivity index (χ1n) is 7.79. The molecular formula is C16H24N2O3S. The van der Waals surface area contributed by atoms with Crippen molar-refractivity contribution in [2.75, 3.05) is 5.32 Å². The molecule has 1 saturated heterocycles. The predicted molar refractivity (Wildman–Crippen MR) is 87.2 cm³/mol. The van der Waals surface area contributed by atoms with Crippen LogP contribution in [-0.4, -0.2) is 30.7 Å². The maximum Gasteiger partial charge on any atom is 0.243 e. The molecule has 1 N–H and O–H groups in total. The van der Waals surface area contributed by atoms with Crippen LogP contribution in [-0.2, 0) is 14.8 Å². The Balaban J connectivity index is 2.24. The zero-order valence-electron chi connectivity index (χ0n) is 13.4. The Hall–Kier alpha value is -1.40. The smallest absolute Gasteiger partial charge is 0.243 e. The normalized spacial score (nSPS) is 23.2. The molecule has 0 saturated carbocycles. The maximum absolute atomic E-state index is 12.8. The van der Waals surface area contributed by atoms with Gasteiger partial charge in [0, 0.05) is 24.2 Å². The number of hydrogen-bond donors (Lipinski definition) is 1. The van der Waals surface area contributed by atoms with E-state index < -0.39 is 10.0 Å². The second-order valence-corrected chi connectivity index (χ2v) is 7.73. The molecule has 0 aliphatic carbocycles. The molecule has 6 heteroatoms. The zero-order chi connectivity index (χ0) is 16.3. The fourth-order valence-corrected chi connectivity index (χ4v) is 4.83. The number of nitrogens with one attached hydrogen (secondary N) is 1. The van der Waals surface area contributed by atoms with Gasteiger partial charge in [0.1, 0.15) is 0 Å². The Labute approximate surface area is 132 Å². The van der Waals surface area contributed by atoms with Gasteiger partial charge in [-0.25, -0.2) is 8.42 Å². The number of rotatable bonds is 4. The summed E-state index contributed by atoms with van der Waals surface area (Å²) < 4.78 is 27.3. The highest BCUT2D eigenvalue weighted by molar-refractivity contribution is 7.89. The molecule has 22 heavy (non-hydrogen) atoms. The van der Waals surface area contributed by atoms with Crippen LogP contribution in [0.4, 0.5) is 5.69 Å². The van der Waals surface area contributed by atoms with Gasteiger partial charge in [-0.2, -0.15) is 4.31 Å². The summed E-state index contributed by atoms with van der Waals surface area (Å²) >= 11 is 0. The van der Waals surface area contributed by atoms with E-state index in [0.717, 1.165) is 19.3 Å². The lowest BCUT2D eigenvalue weighted by atomic mass is 10.0. The van der Waals surface area contributed by atoms with Crippen LogP contribution < -0.4 is 5.32 Å². The number of benzene rings is 1. The highest BCUT2D eigenvalue weighted by Crippen LogP contribution is 2.29. The fraction of sp³-hybridized carbons (Fsp3) is 0.562. The van der Waals surface area contributed by atoms with Crippen LogP contribution >= 0.6 is 0 Å². The van der Waals surface area contributed by atoms with Crippen LogP contribution in [0.15, 0.2) is 29.2 Å². The molecule has 0 radical (unpaired) electrons. The molecule has 5 nitrogen and oxygen atoms in total. The Kier molecular flexibility index (Phi) is 5.24. The van der Waals surface area contributed by atoms with E-state index in [4.69, 9.17) is 0 Å². The molecule has 0 spiro atoms. The average molecular weight is 324 g/mol. The van der Waals surface area contributed by atoms with Gasteiger partial charge >= 0.3 is 0 Å². The molecule has 1 heterocycles. The number of carbonyl (C=O) groups excluding carboxylic acids is 1. The molecule has 1 aliphatic rings. The number of nitrogens with zero attached hydrogens (tertiary/aromatic N) is 1. The van der Waals surface area contributed by atoms with Gasteiger partial charge in [-0.1, -0.05) is 13.3 Å². The minimum absolute atomic E-state index is 0.0215. The Morgan fingerprint density at radius 1 is 1.18 bits per heavy atom. The molecule has 1 amide bonds. The first kappa shape index (κ1) is 17.0. The van der Waals surface area contributed by atoms with Crippen molar-refractivity contribution in [3.8, 4) is 0 Å². The SMILES string of the molecule is CCC(=O)Nc1ccc(S(=O)(=O)N2[C@@H](C)CCC[C@@H]2C)cc1. The number of anilines is 1. The lowest BCUT2D eigenvalue weighted by Crippen LogP contribution is -2.47. The summed E-state index contributed by atoms with van der Waals surface area (Å²) in [6.45, 7) is 5.69. The highest BCUT2D eigenvalue weighted by atomic mass is 32.2. The van der Waals surface area contributed by atoms with Crippen molar-refractivity contribution >= 4 is 21.6 Å². The highest BCUT2D eigenvalue weighted by Gasteiger charge is 2.35. The van der Waals surface area contributed by atoms with Gasteiger partial charge in [-0.05, 0) is 51.0 Å². The van der Waals surface area contributed by atoms with Crippen molar-refractivity contribution in [3.05, 3.63) is 24.3 Å². The number of piperidine rings is 1. The summed E-state index contributed by atoms with van der Waals surface area (Å²) in [6, 6.07) is 6.45. The molecular weight excluding hydrogens is 300 g/mol. The maximum atomic E-state index is 12.8. The van der Waals surface area contributed by atoms with E-state index in [0.29, 0.717) is 12.1 Å². The van der Waals surface area contributed by atoms with E-state index in [1.165, 1.54) is 0 Å². The summed E-state index contributed by atoms with van der Waals surface area (Å²) in [5.41, 5.74) is 0.616. The lowest BCUT2D eigenvalue weighted by molar-refractivity contribution is -0.115. The Morgan fingerprint density at radius 2 is 1.73 bits per heavy atom. The molecule has 1 aromatic rings. The van der Waals surface area contributed by atoms with Gasteiger partial charge in [0.25, 0.3) is 0 Å². The van der Waals surface area contributed by atoms with Crippen LogP contribution in [0.1, 0.15) is 46.5 Å². The fourth-order valence-electron chi connectivity index (χ4n) is 2.95. The first-order valence-corrected chi connectivity index (χ1v) is 9.23. The second-order valence-electron chi connectivity index (χ2n) is 5.89. The van der Waals surface area contributed by atoms with Gasteiger partial charge in [-0.3, -0.25) is 4.79 Å². The van der Waals surface area contributed by atoms with Crippen molar-refractivity contribution in [1.29, 1.82) is 0 Å². The zero-order valence-corrected chi connectivity index (χ0v) is 14.2. The monoisotopic (exact) mass is 324 g/mol. The summed E-state index contributed by atoms with van der Waals surface area (Å²) in [5.74, 6) is -0.0890. The number of sulfonamides is 1. The molecule has 1 aromatic carbocycles. The van der Waals surface area contributed by atoms with E-state index in [9.17, 15) is 13.2 Å². The minimum atomic E-state index is -3.49. The van der Waals surface area contributed by atoms with Crippen LogP contribution in [0.25, 0.3) is 0 Å². The number of hydrogen-bond acceptors (Lipinski definition) is 3. The molecule has 2 atom stereocenters.